The van der Waals surface area contributed by atoms with Gasteiger partial charge in [-0.3, -0.25) is 4.98 Å². The second kappa shape index (κ2) is 4.02. The van der Waals surface area contributed by atoms with Crippen molar-refractivity contribution in [2.75, 3.05) is 0 Å². The summed E-state index contributed by atoms with van der Waals surface area (Å²) in [6.07, 6.45) is 4.41. The molecule has 2 N–H and O–H groups in total. The summed E-state index contributed by atoms with van der Waals surface area (Å²) in [4.78, 5) is 4.17. The van der Waals surface area contributed by atoms with Crippen molar-refractivity contribution < 1.29 is 0 Å². The van der Waals surface area contributed by atoms with E-state index in [0.29, 0.717) is 0 Å². The molecule has 1 heterocycles. The predicted octanol–water partition coefficient (Wildman–Crippen LogP) is 1.97. The van der Waals surface area contributed by atoms with Crippen LogP contribution in [0.3, 0.4) is 0 Å². The van der Waals surface area contributed by atoms with Crippen LogP contribution in [-0.2, 0) is 0 Å². The Kier molecular flexibility index (Phi) is 3.00. The summed E-state index contributed by atoms with van der Waals surface area (Å²) in [6.45, 7) is 5.63. The van der Waals surface area contributed by atoms with E-state index in [1.54, 1.807) is 6.20 Å². The van der Waals surface area contributed by atoms with Gasteiger partial charge in [0, 0.05) is 17.9 Å². The highest BCUT2D eigenvalue weighted by molar-refractivity contribution is 5.22. The quantitative estimate of drug-likeness (QED) is 0.690. The van der Waals surface area contributed by atoms with Gasteiger partial charge in [-0.1, -0.05) is 12.1 Å². The molecule has 1 aromatic rings. The Morgan fingerprint density at radius 2 is 2.50 bits per heavy atom. The second-order valence-corrected chi connectivity index (χ2v) is 2.81. The van der Waals surface area contributed by atoms with E-state index in [2.05, 4.69) is 11.6 Å². The molecule has 1 rings (SSSR count). The van der Waals surface area contributed by atoms with Crippen molar-refractivity contribution in [1.29, 1.82) is 0 Å². The molecule has 2 nitrogen and oxygen atoms in total. The van der Waals surface area contributed by atoms with Crippen LogP contribution in [-0.4, -0.2) is 4.98 Å². The van der Waals surface area contributed by atoms with Crippen LogP contribution in [0.15, 0.2) is 31.0 Å². The fourth-order valence-electron chi connectivity index (χ4n) is 1.20. The Morgan fingerprint density at radius 3 is 3.08 bits per heavy atom. The van der Waals surface area contributed by atoms with Crippen molar-refractivity contribution in [1.82, 2.24) is 4.98 Å². The van der Waals surface area contributed by atoms with Crippen LogP contribution in [0.25, 0.3) is 0 Å². The number of aryl methyl sites for hydroxylation is 1. The van der Waals surface area contributed by atoms with Gasteiger partial charge >= 0.3 is 0 Å². The first-order valence-corrected chi connectivity index (χ1v) is 4.03. The molecule has 0 saturated heterocycles. The number of nitrogens with zero attached hydrogens (tertiary/aromatic N) is 1. The van der Waals surface area contributed by atoms with Crippen LogP contribution in [0.5, 0.6) is 0 Å². The monoisotopic (exact) mass is 162 g/mol. The van der Waals surface area contributed by atoms with E-state index in [1.807, 2.05) is 25.1 Å². The van der Waals surface area contributed by atoms with Gasteiger partial charge < -0.3 is 5.73 Å². The molecule has 0 amide bonds. The first-order chi connectivity index (χ1) is 5.75. The molecule has 64 valence electrons. The zero-order chi connectivity index (χ0) is 8.97. The SMILES string of the molecule is C=CCC(N)c1cccnc1C. The van der Waals surface area contributed by atoms with Crippen LogP contribution in [0.4, 0.5) is 0 Å². The molecule has 0 fully saturated rings. The molecule has 0 aliphatic heterocycles. The third kappa shape index (κ3) is 1.92. The van der Waals surface area contributed by atoms with Gasteiger partial charge in [-0.2, -0.15) is 0 Å². The summed E-state index contributed by atoms with van der Waals surface area (Å²) >= 11 is 0. The van der Waals surface area contributed by atoms with Gasteiger partial charge in [0.2, 0.25) is 0 Å². The van der Waals surface area contributed by atoms with Crippen LogP contribution in [0.1, 0.15) is 23.7 Å². The van der Waals surface area contributed by atoms with E-state index >= 15 is 0 Å². The highest BCUT2D eigenvalue weighted by Gasteiger charge is 2.06. The van der Waals surface area contributed by atoms with Gasteiger partial charge in [-0.15, -0.1) is 6.58 Å². The minimum absolute atomic E-state index is 0.0381. The molecule has 1 aromatic heterocycles. The lowest BCUT2D eigenvalue weighted by atomic mass is 10.0. The molecule has 1 unspecified atom stereocenters. The van der Waals surface area contributed by atoms with Gasteiger partial charge in [0.15, 0.2) is 0 Å². The summed E-state index contributed by atoms with van der Waals surface area (Å²) in [7, 11) is 0. The highest BCUT2D eigenvalue weighted by Crippen LogP contribution is 2.15. The maximum Gasteiger partial charge on any atom is 0.0420 e. The molecule has 0 aliphatic rings. The van der Waals surface area contributed by atoms with Crippen molar-refractivity contribution in [2.45, 2.75) is 19.4 Å². The summed E-state index contributed by atoms with van der Waals surface area (Å²) in [5.41, 5.74) is 8.01. The molecule has 0 bridgehead atoms. The van der Waals surface area contributed by atoms with Crippen molar-refractivity contribution in [3.05, 3.63) is 42.2 Å². The lowest BCUT2D eigenvalue weighted by Gasteiger charge is -2.10. The van der Waals surface area contributed by atoms with Crippen LogP contribution in [0.2, 0.25) is 0 Å². The van der Waals surface area contributed by atoms with Crippen molar-refractivity contribution in [3.63, 3.8) is 0 Å². The van der Waals surface area contributed by atoms with Crippen molar-refractivity contribution in [2.24, 2.45) is 5.73 Å². The van der Waals surface area contributed by atoms with Gasteiger partial charge in [0.25, 0.3) is 0 Å². The van der Waals surface area contributed by atoms with Crippen LogP contribution in [0, 0.1) is 6.92 Å². The molecule has 0 radical (unpaired) electrons. The maximum absolute atomic E-state index is 5.90. The van der Waals surface area contributed by atoms with E-state index in [0.717, 1.165) is 17.7 Å². The smallest absolute Gasteiger partial charge is 0.0420 e. The average molecular weight is 162 g/mol. The molecule has 0 saturated carbocycles. The maximum atomic E-state index is 5.90. The summed E-state index contributed by atoms with van der Waals surface area (Å²) in [6, 6.07) is 3.96. The zero-order valence-corrected chi connectivity index (χ0v) is 7.33. The largest absolute Gasteiger partial charge is 0.324 e. The molecule has 0 aromatic carbocycles. The van der Waals surface area contributed by atoms with Gasteiger partial charge in [-0.05, 0) is 25.0 Å². The number of aromatic nitrogens is 1. The second-order valence-electron chi connectivity index (χ2n) is 2.81. The van der Waals surface area contributed by atoms with E-state index in [1.165, 1.54) is 0 Å². The van der Waals surface area contributed by atoms with E-state index in [9.17, 15) is 0 Å². The zero-order valence-electron chi connectivity index (χ0n) is 7.33. The van der Waals surface area contributed by atoms with Gasteiger partial charge in [0.1, 0.15) is 0 Å². The van der Waals surface area contributed by atoms with Crippen LogP contribution < -0.4 is 5.73 Å². The number of nitrogens with two attached hydrogens (primary N) is 1. The van der Waals surface area contributed by atoms with Gasteiger partial charge in [-0.25, -0.2) is 0 Å². The predicted molar refractivity (Wildman–Crippen MR) is 50.7 cm³/mol. The molecular weight excluding hydrogens is 148 g/mol. The number of pyridine rings is 1. The number of hydrogen-bond acceptors (Lipinski definition) is 2. The average Bonchev–Trinajstić information content (AvgIpc) is 2.05. The lowest BCUT2D eigenvalue weighted by molar-refractivity contribution is 0.729. The third-order valence-electron chi connectivity index (χ3n) is 1.87. The Bertz CT molecular complexity index is 268. The number of rotatable bonds is 3. The van der Waals surface area contributed by atoms with Gasteiger partial charge in [0.05, 0.1) is 0 Å². The minimum atomic E-state index is 0.0381. The van der Waals surface area contributed by atoms with Crippen molar-refractivity contribution >= 4 is 0 Å². The molecule has 2 heteroatoms. The first kappa shape index (κ1) is 8.94. The normalized spacial score (nSPS) is 12.5. The summed E-state index contributed by atoms with van der Waals surface area (Å²) in [5, 5.41) is 0. The summed E-state index contributed by atoms with van der Waals surface area (Å²) in [5.74, 6) is 0. The minimum Gasteiger partial charge on any atom is -0.324 e. The fraction of sp³-hybridized carbons (Fsp3) is 0.300. The Labute approximate surface area is 73.1 Å². The Hall–Kier alpha value is -1.15. The standard InChI is InChI=1S/C10H14N2/c1-3-5-10(11)9-6-4-7-12-8(9)2/h3-4,6-7,10H,1,5,11H2,2H3. The molecule has 0 aliphatic carbocycles. The Balaban J connectivity index is 2.86. The van der Waals surface area contributed by atoms with E-state index < -0.39 is 0 Å². The first-order valence-electron chi connectivity index (χ1n) is 4.03. The highest BCUT2D eigenvalue weighted by atomic mass is 14.7. The Morgan fingerprint density at radius 1 is 1.75 bits per heavy atom. The topological polar surface area (TPSA) is 38.9 Å². The lowest BCUT2D eigenvalue weighted by Crippen LogP contribution is -2.11. The third-order valence-corrected chi connectivity index (χ3v) is 1.87. The molecular formula is C10H14N2. The summed E-state index contributed by atoms with van der Waals surface area (Å²) < 4.78 is 0. The molecule has 12 heavy (non-hydrogen) atoms. The van der Waals surface area contributed by atoms with Crippen LogP contribution >= 0.6 is 0 Å². The van der Waals surface area contributed by atoms with E-state index in [4.69, 9.17) is 5.73 Å². The van der Waals surface area contributed by atoms with Crippen molar-refractivity contribution in [3.8, 4) is 0 Å². The fourth-order valence-corrected chi connectivity index (χ4v) is 1.20. The van der Waals surface area contributed by atoms with E-state index in [-0.39, 0.29) is 6.04 Å². The molecule has 0 spiro atoms. The number of hydrogen-bond donors (Lipinski definition) is 1. The molecule has 1 atom stereocenters.